The van der Waals surface area contributed by atoms with Crippen LogP contribution < -0.4 is 0 Å². The highest BCUT2D eigenvalue weighted by atomic mass is 16.1. The molecule has 5 nitrogen and oxygen atoms in total. The highest BCUT2D eigenvalue weighted by Crippen LogP contribution is 2.31. The Hall–Kier alpha value is -3.34. The molecule has 0 fully saturated rings. The minimum Gasteiger partial charge on any atom is -0.299 e. The van der Waals surface area contributed by atoms with Crippen LogP contribution in [-0.4, -0.2) is 26.5 Å². The first-order chi connectivity index (χ1) is 11.8. The van der Waals surface area contributed by atoms with Crippen molar-refractivity contribution in [1.82, 2.24) is 20.2 Å². The number of carbonyl (C=O) groups is 1. The summed E-state index contributed by atoms with van der Waals surface area (Å²) in [5, 5.41) is 11.8. The molecule has 24 heavy (non-hydrogen) atoms. The SMILES string of the molecule is Cn1nnnc1C(/C=C/C=O)=C(c1ccccc1)c1ccccc1. The summed E-state index contributed by atoms with van der Waals surface area (Å²) in [5.74, 6) is 0.593. The number of allylic oxidation sites excluding steroid dienone is 3. The van der Waals surface area contributed by atoms with Crippen LogP contribution in [0.4, 0.5) is 0 Å². The molecule has 0 atom stereocenters. The van der Waals surface area contributed by atoms with Gasteiger partial charge in [-0.05, 0) is 39.3 Å². The quantitative estimate of drug-likeness (QED) is 0.412. The van der Waals surface area contributed by atoms with E-state index in [0.29, 0.717) is 5.82 Å². The van der Waals surface area contributed by atoms with E-state index in [9.17, 15) is 4.79 Å². The standard InChI is InChI=1S/C19H16N4O/c1-23-19(20-21-22-23)17(13-8-14-24)18(15-9-4-2-5-10-15)16-11-6-3-7-12-16/h2-14H,1H3/b13-8+. The molecular formula is C19H16N4O. The Bertz CT molecular complexity index is 838. The average molecular weight is 316 g/mol. The number of tetrazole rings is 1. The number of rotatable bonds is 5. The minimum absolute atomic E-state index is 0.593. The van der Waals surface area contributed by atoms with E-state index >= 15 is 0 Å². The van der Waals surface area contributed by atoms with Crippen LogP contribution in [0, 0.1) is 0 Å². The van der Waals surface area contributed by atoms with Crippen LogP contribution in [0.5, 0.6) is 0 Å². The van der Waals surface area contributed by atoms with E-state index in [4.69, 9.17) is 0 Å². The molecule has 0 saturated carbocycles. The summed E-state index contributed by atoms with van der Waals surface area (Å²) in [6.45, 7) is 0. The van der Waals surface area contributed by atoms with Gasteiger partial charge in [0.1, 0.15) is 6.29 Å². The third-order valence-corrected chi connectivity index (χ3v) is 3.60. The summed E-state index contributed by atoms with van der Waals surface area (Å²) in [6.07, 6.45) is 3.95. The van der Waals surface area contributed by atoms with Gasteiger partial charge in [-0.25, -0.2) is 4.68 Å². The Labute approximate surface area is 140 Å². The lowest BCUT2D eigenvalue weighted by Crippen LogP contribution is -2.01. The Balaban J connectivity index is 2.34. The molecular weight excluding hydrogens is 300 g/mol. The van der Waals surface area contributed by atoms with Gasteiger partial charge in [-0.15, -0.1) is 5.10 Å². The molecule has 0 aliphatic rings. The summed E-state index contributed by atoms with van der Waals surface area (Å²) in [4.78, 5) is 10.9. The molecule has 0 bridgehead atoms. The van der Waals surface area contributed by atoms with Crippen LogP contribution in [0.2, 0.25) is 0 Å². The summed E-state index contributed by atoms with van der Waals surface area (Å²) in [5.41, 5.74) is 3.80. The van der Waals surface area contributed by atoms with Crippen molar-refractivity contribution >= 4 is 17.4 Å². The molecule has 0 aliphatic heterocycles. The first-order valence-corrected chi connectivity index (χ1v) is 7.51. The predicted molar refractivity (Wildman–Crippen MR) is 92.8 cm³/mol. The second-order valence-corrected chi connectivity index (χ2v) is 5.14. The molecule has 3 aromatic rings. The summed E-state index contributed by atoms with van der Waals surface area (Å²) < 4.78 is 1.59. The predicted octanol–water partition coefficient (Wildman–Crippen LogP) is 2.92. The third-order valence-electron chi connectivity index (χ3n) is 3.60. The monoisotopic (exact) mass is 316 g/mol. The fourth-order valence-corrected chi connectivity index (χ4v) is 2.55. The van der Waals surface area contributed by atoms with E-state index in [1.54, 1.807) is 17.8 Å². The Kier molecular flexibility index (Phi) is 4.72. The van der Waals surface area contributed by atoms with Crippen molar-refractivity contribution in [1.29, 1.82) is 0 Å². The maximum atomic E-state index is 10.9. The highest BCUT2D eigenvalue weighted by molar-refractivity contribution is 6.01. The molecule has 0 spiro atoms. The number of aryl methyl sites for hydroxylation is 1. The van der Waals surface area contributed by atoms with Crippen LogP contribution >= 0.6 is 0 Å². The molecule has 3 rings (SSSR count). The van der Waals surface area contributed by atoms with Crippen LogP contribution in [0.15, 0.2) is 72.8 Å². The van der Waals surface area contributed by atoms with E-state index in [2.05, 4.69) is 15.5 Å². The van der Waals surface area contributed by atoms with Crippen molar-refractivity contribution in [3.8, 4) is 0 Å². The van der Waals surface area contributed by atoms with Gasteiger partial charge in [0.25, 0.3) is 0 Å². The largest absolute Gasteiger partial charge is 0.299 e. The highest BCUT2D eigenvalue weighted by Gasteiger charge is 2.16. The zero-order chi connectivity index (χ0) is 16.8. The third kappa shape index (κ3) is 3.20. The molecule has 0 amide bonds. The number of nitrogens with zero attached hydrogens (tertiary/aromatic N) is 4. The fourth-order valence-electron chi connectivity index (χ4n) is 2.55. The zero-order valence-electron chi connectivity index (χ0n) is 13.2. The second kappa shape index (κ2) is 7.28. The molecule has 0 radical (unpaired) electrons. The maximum Gasteiger partial charge on any atom is 0.182 e. The lowest BCUT2D eigenvalue weighted by atomic mass is 9.92. The molecule has 0 aliphatic carbocycles. The van der Waals surface area contributed by atoms with E-state index in [-0.39, 0.29) is 0 Å². The van der Waals surface area contributed by atoms with E-state index in [0.717, 1.165) is 28.6 Å². The van der Waals surface area contributed by atoms with Gasteiger partial charge in [0.2, 0.25) is 0 Å². The topological polar surface area (TPSA) is 60.7 Å². The van der Waals surface area contributed by atoms with Gasteiger partial charge in [0, 0.05) is 12.6 Å². The number of aldehydes is 1. The Morgan fingerprint density at radius 2 is 1.54 bits per heavy atom. The maximum absolute atomic E-state index is 10.9. The van der Waals surface area contributed by atoms with Crippen LogP contribution in [0.1, 0.15) is 17.0 Å². The molecule has 0 unspecified atom stereocenters. The van der Waals surface area contributed by atoms with Crippen molar-refractivity contribution in [2.24, 2.45) is 7.05 Å². The fraction of sp³-hybridized carbons (Fsp3) is 0.0526. The smallest absolute Gasteiger partial charge is 0.182 e. The number of aromatic nitrogens is 4. The lowest BCUT2D eigenvalue weighted by molar-refractivity contribution is -0.104. The molecule has 0 N–H and O–H groups in total. The van der Waals surface area contributed by atoms with Crippen LogP contribution in [0.3, 0.4) is 0 Å². The number of hydrogen-bond donors (Lipinski definition) is 0. The van der Waals surface area contributed by atoms with Gasteiger partial charge < -0.3 is 0 Å². The van der Waals surface area contributed by atoms with Gasteiger partial charge in [-0.1, -0.05) is 60.7 Å². The summed E-state index contributed by atoms with van der Waals surface area (Å²) >= 11 is 0. The lowest BCUT2D eigenvalue weighted by Gasteiger charge is -2.13. The molecule has 0 saturated heterocycles. The van der Waals surface area contributed by atoms with E-state index < -0.39 is 0 Å². The van der Waals surface area contributed by atoms with Crippen molar-refractivity contribution < 1.29 is 4.79 Å². The first-order valence-electron chi connectivity index (χ1n) is 7.51. The second-order valence-electron chi connectivity index (χ2n) is 5.14. The van der Waals surface area contributed by atoms with Crippen LogP contribution in [-0.2, 0) is 11.8 Å². The van der Waals surface area contributed by atoms with Gasteiger partial charge in [0.15, 0.2) is 5.82 Å². The van der Waals surface area contributed by atoms with Crippen molar-refractivity contribution in [3.63, 3.8) is 0 Å². The van der Waals surface area contributed by atoms with E-state index in [1.807, 2.05) is 60.7 Å². The van der Waals surface area contributed by atoms with E-state index in [1.165, 1.54) is 6.08 Å². The van der Waals surface area contributed by atoms with Gasteiger partial charge >= 0.3 is 0 Å². The van der Waals surface area contributed by atoms with Crippen LogP contribution in [0.25, 0.3) is 11.1 Å². The average Bonchev–Trinajstić information content (AvgIpc) is 3.06. The van der Waals surface area contributed by atoms with Gasteiger partial charge in [-0.3, -0.25) is 4.79 Å². The molecule has 1 aromatic heterocycles. The zero-order valence-corrected chi connectivity index (χ0v) is 13.2. The molecule has 1 heterocycles. The van der Waals surface area contributed by atoms with Crippen molar-refractivity contribution in [3.05, 3.63) is 89.8 Å². The van der Waals surface area contributed by atoms with Gasteiger partial charge in [-0.2, -0.15) is 0 Å². The summed E-state index contributed by atoms with van der Waals surface area (Å²) in [6, 6.07) is 20.0. The number of benzene rings is 2. The van der Waals surface area contributed by atoms with Crippen molar-refractivity contribution in [2.75, 3.05) is 0 Å². The van der Waals surface area contributed by atoms with Gasteiger partial charge in [0.05, 0.1) is 0 Å². The Morgan fingerprint density at radius 1 is 0.958 bits per heavy atom. The van der Waals surface area contributed by atoms with Crippen molar-refractivity contribution in [2.45, 2.75) is 0 Å². The number of carbonyl (C=O) groups excluding carboxylic acids is 1. The Morgan fingerprint density at radius 3 is 2.00 bits per heavy atom. The number of hydrogen-bond acceptors (Lipinski definition) is 4. The first kappa shape index (κ1) is 15.6. The molecule has 2 aromatic carbocycles. The minimum atomic E-state index is 0.593. The molecule has 118 valence electrons. The normalized spacial score (nSPS) is 10.7. The molecule has 5 heteroatoms. The summed E-state index contributed by atoms with van der Waals surface area (Å²) in [7, 11) is 1.78.